The summed E-state index contributed by atoms with van der Waals surface area (Å²) in [4.78, 5) is 60.0. The van der Waals surface area contributed by atoms with Crippen molar-refractivity contribution in [2.24, 2.45) is 5.92 Å². The summed E-state index contributed by atoms with van der Waals surface area (Å²) >= 11 is 0.794. The first-order valence-corrected chi connectivity index (χ1v) is 14.9. The van der Waals surface area contributed by atoms with Gasteiger partial charge in [-0.2, -0.15) is 0 Å². The van der Waals surface area contributed by atoms with Gasteiger partial charge in [0, 0.05) is 38.3 Å². The van der Waals surface area contributed by atoms with E-state index in [1.807, 2.05) is 4.90 Å². The number of carbonyl (C=O) groups excluding carboxylic acids is 4. The van der Waals surface area contributed by atoms with Gasteiger partial charge in [-0.15, -0.1) is 13.2 Å². The van der Waals surface area contributed by atoms with Crippen molar-refractivity contribution in [1.29, 1.82) is 0 Å². The third kappa shape index (κ3) is 10.7. The minimum absolute atomic E-state index is 0.0380. The molecule has 0 saturated carbocycles. The lowest BCUT2D eigenvalue weighted by Crippen LogP contribution is -2.49. The minimum atomic E-state index is -4.83. The number of piperidine rings is 1. The molecule has 1 unspecified atom stereocenters. The van der Waals surface area contributed by atoms with Gasteiger partial charge in [0.05, 0.1) is 10.6 Å². The van der Waals surface area contributed by atoms with E-state index in [2.05, 4.69) is 30.7 Å². The molecule has 1 atom stereocenters. The van der Waals surface area contributed by atoms with Crippen molar-refractivity contribution in [2.45, 2.75) is 64.6 Å². The van der Waals surface area contributed by atoms with Gasteiger partial charge in [-0.05, 0) is 81.1 Å². The van der Waals surface area contributed by atoms with Gasteiger partial charge in [-0.25, -0.2) is 14.8 Å². The van der Waals surface area contributed by atoms with Crippen LogP contribution in [0.4, 0.5) is 28.7 Å². The van der Waals surface area contributed by atoms with Crippen LogP contribution < -0.4 is 25.6 Å². The number of anilines is 1. The lowest BCUT2D eigenvalue weighted by molar-refractivity contribution is -0.274. The highest BCUT2D eigenvalue weighted by molar-refractivity contribution is 8.18. The molecule has 2 aliphatic heterocycles. The summed E-state index contributed by atoms with van der Waals surface area (Å²) in [6, 6.07) is 6.34. The lowest BCUT2D eigenvalue weighted by Gasteiger charge is -2.36. The van der Waals surface area contributed by atoms with Crippen molar-refractivity contribution in [3.05, 3.63) is 52.7 Å². The number of amides is 4. The van der Waals surface area contributed by atoms with Crippen LogP contribution in [0.3, 0.4) is 0 Å². The number of alkyl carbamates (subject to hydrolysis) is 1. The lowest BCUT2D eigenvalue weighted by atomic mass is 9.87. The number of aromatic nitrogens is 2. The molecule has 0 radical (unpaired) electrons. The quantitative estimate of drug-likeness (QED) is 0.331. The average molecular weight is 651 g/mol. The normalized spacial score (nSPS) is 17.6. The van der Waals surface area contributed by atoms with Gasteiger partial charge in [0.1, 0.15) is 11.4 Å². The minimum Gasteiger partial charge on any atom is -0.444 e. The van der Waals surface area contributed by atoms with Crippen molar-refractivity contribution in [3.8, 4) is 5.75 Å². The fourth-order valence-electron chi connectivity index (χ4n) is 4.77. The molecule has 0 bridgehead atoms. The zero-order valence-corrected chi connectivity index (χ0v) is 25.6. The molecule has 1 aromatic carbocycles. The highest BCUT2D eigenvalue weighted by atomic mass is 32.2. The van der Waals surface area contributed by atoms with Crippen LogP contribution in [0.15, 0.2) is 41.4 Å². The third-order valence-electron chi connectivity index (χ3n) is 6.71. The molecule has 45 heavy (non-hydrogen) atoms. The monoisotopic (exact) mass is 650 g/mol. The Morgan fingerprint density at radius 2 is 1.91 bits per heavy atom. The van der Waals surface area contributed by atoms with Crippen LogP contribution >= 0.6 is 11.8 Å². The molecule has 16 heteroatoms. The number of ether oxygens (including phenoxy) is 2. The molecule has 3 N–H and O–H groups in total. The van der Waals surface area contributed by atoms with Gasteiger partial charge in [0.25, 0.3) is 11.1 Å². The van der Waals surface area contributed by atoms with Crippen molar-refractivity contribution < 1.29 is 41.8 Å². The summed E-state index contributed by atoms with van der Waals surface area (Å²) in [6.07, 6.45) is -1.36. The molecule has 2 aliphatic rings. The number of hydrogen-bond donors (Lipinski definition) is 3. The fourth-order valence-corrected chi connectivity index (χ4v) is 5.44. The number of nitrogens with zero attached hydrogens (tertiary/aromatic N) is 3. The zero-order chi connectivity index (χ0) is 32.8. The first-order valence-electron chi connectivity index (χ1n) is 14.1. The number of nitrogens with one attached hydrogen (secondary N) is 3. The number of halogens is 3. The molecule has 1 aromatic heterocycles. The van der Waals surface area contributed by atoms with E-state index in [4.69, 9.17) is 4.74 Å². The Morgan fingerprint density at radius 3 is 2.56 bits per heavy atom. The van der Waals surface area contributed by atoms with Crippen LogP contribution in [0, 0.1) is 5.92 Å². The third-order valence-corrected chi connectivity index (χ3v) is 7.52. The molecule has 0 spiro atoms. The fraction of sp³-hybridized carbons (Fsp3) is 0.448. The summed E-state index contributed by atoms with van der Waals surface area (Å²) in [5, 5.41) is 7.28. The van der Waals surface area contributed by atoms with E-state index < -0.39 is 46.9 Å². The number of thioether (sulfide) groups is 1. The van der Waals surface area contributed by atoms with Crippen molar-refractivity contribution in [3.63, 3.8) is 0 Å². The van der Waals surface area contributed by atoms with Crippen molar-refractivity contribution in [2.75, 3.05) is 18.0 Å². The molecular weight excluding hydrogens is 617 g/mol. The molecule has 0 aliphatic carbocycles. The number of rotatable bonds is 9. The van der Waals surface area contributed by atoms with Gasteiger partial charge >= 0.3 is 12.5 Å². The maximum absolute atomic E-state index is 13.0. The van der Waals surface area contributed by atoms with E-state index in [0.29, 0.717) is 43.1 Å². The Bertz CT molecular complexity index is 1460. The predicted octanol–water partition coefficient (Wildman–Crippen LogP) is 4.52. The second kappa shape index (κ2) is 14.2. The van der Waals surface area contributed by atoms with E-state index in [0.717, 1.165) is 11.8 Å². The Labute approximate surface area is 261 Å². The van der Waals surface area contributed by atoms with Gasteiger partial charge in [0.2, 0.25) is 11.9 Å². The van der Waals surface area contributed by atoms with E-state index in [1.54, 1.807) is 39.1 Å². The molecule has 242 valence electrons. The second-order valence-corrected chi connectivity index (χ2v) is 12.4. The SMILES string of the molecule is CC(C)(C)OC(=O)NC(CC(=O)NCc1cccc(OC(F)(F)F)c1)C1CCN(c2nccc(/C=C3\SC(=O)NC3=O)n2)CC1. The van der Waals surface area contributed by atoms with Gasteiger partial charge < -0.3 is 25.0 Å². The van der Waals surface area contributed by atoms with Crippen LogP contribution in [-0.4, -0.2) is 64.2 Å². The van der Waals surface area contributed by atoms with Crippen molar-refractivity contribution >= 4 is 46.9 Å². The van der Waals surface area contributed by atoms with Crippen LogP contribution in [0.2, 0.25) is 0 Å². The molecule has 2 aromatic rings. The summed E-state index contributed by atoms with van der Waals surface area (Å²) in [5.41, 5.74) is 0.115. The summed E-state index contributed by atoms with van der Waals surface area (Å²) in [6.45, 7) is 6.16. The van der Waals surface area contributed by atoms with Gasteiger partial charge in [0.15, 0.2) is 0 Å². The molecule has 2 saturated heterocycles. The predicted molar refractivity (Wildman–Crippen MR) is 159 cm³/mol. The van der Waals surface area contributed by atoms with E-state index >= 15 is 0 Å². The van der Waals surface area contributed by atoms with E-state index in [9.17, 15) is 32.3 Å². The summed E-state index contributed by atoms with van der Waals surface area (Å²) < 4.78 is 47.1. The molecule has 4 rings (SSSR count). The Balaban J connectivity index is 1.38. The summed E-state index contributed by atoms with van der Waals surface area (Å²) in [5.74, 6) is -0.962. The number of hydrogen-bond acceptors (Lipinski definition) is 10. The topological polar surface area (TPSA) is 152 Å². The van der Waals surface area contributed by atoms with Crippen LogP contribution in [0.25, 0.3) is 6.08 Å². The maximum atomic E-state index is 13.0. The standard InChI is InChI=1S/C29H33F3N6O6S/c1-28(2,3)44-26(41)36-21(15-23(39)34-16-17-5-4-6-20(13-17)43-29(30,31)32)18-8-11-38(12-9-18)25-33-10-7-19(35-25)14-22-24(40)37-27(42)45-22/h4-7,10,13-14,18,21H,8-9,11-12,15-16H2,1-3H3,(H,34,39)(H,36,41)(H,37,40,42)/b22-14-. The smallest absolute Gasteiger partial charge is 0.444 e. The first-order chi connectivity index (χ1) is 21.1. The molecule has 2 fully saturated rings. The Morgan fingerprint density at radius 1 is 1.18 bits per heavy atom. The zero-order valence-electron chi connectivity index (χ0n) is 24.8. The first kappa shape index (κ1) is 33.6. The average Bonchev–Trinajstić information content (AvgIpc) is 3.26. The van der Waals surface area contributed by atoms with Crippen LogP contribution in [0.1, 0.15) is 51.3 Å². The Hall–Kier alpha value is -4.34. The van der Waals surface area contributed by atoms with Crippen molar-refractivity contribution in [1.82, 2.24) is 25.9 Å². The largest absolute Gasteiger partial charge is 0.573 e. The number of carbonyl (C=O) groups is 4. The molecule has 3 heterocycles. The van der Waals surface area contributed by atoms with Crippen LogP contribution in [-0.2, 0) is 20.9 Å². The molecule has 4 amide bonds. The Kier molecular flexibility index (Phi) is 10.6. The molecule has 12 nitrogen and oxygen atoms in total. The van der Waals surface area contributed by atoms with Gasteiger partial charge in [-0.3, -0.25) is 19.7 Å². The van der Waals surface area contributed by atoms with Gasteiger partial charge in [-0.1, -0.05) is 12.1 Å². The van der Waals surface area contributed by atoms with E-state index in [1.165, 1.54) is 24.3 Å². The number of alkyl halides is 3. The van der Waals surface area contributed by atoms with Crippen LogP contribution in [0.5, 0.6) is 5.75 Å². The van der Waals surface area contributed by atoms with E-state index in [-0.39, 0.29) is 23.8 Å². The number of imide groups is 1. The highest BCUT2D eigenvalue weighted by Gasteiger charge is 2.33. The second-order valence-electron chi connectivity index (χ2n) is 11.4. The summed E-state index contributed by atoms with van der Waals surface area (Å²) in [7, 11) is 0. The molecular formula is C29H33F3N6O6S. The highest BCUT2D eigenvalue weighted by Crippen LogP contribution is 2.28. The maximum Gasteiger partial charge on any atom is 0.573 e. The number of benzene rings is 1.